The second-order valence-electron chi connectivity index (χ2n) is 2.41. The summed E-state index contributed by atoms with van der Waals surface area (Å²) in [6.45, 7) is 2.29. The minimum atomic E-state index is -3.09. The maximum absolute atomic E-state index is 10.9. The van der Waals surface area contributed by atoms with Gasteiger partial charge in [0.2, 0.25) is 0 Å². The first-order valence-corrected chi connectivity index (χ1v) is 5.45. The largest absolute Gasteiger partial charge is 0.479 e. The van der Waals surface area contributed by atoms with Crippen LogP contribution in [0.1, 0.15) is 0 Å². The van der Waals surface area contributed by atoms with Crippen molar-refractivity contribution >= 4 is 19.3 Å². The summed E-state index contributed by atoms with van der Waals surface area (Å²) in [7, 11) is -3.09. The molecule has 0 fully saturated rings. The Morgan fingerprint density at radius 1 is 1.25 bits per heavy atom. The second-order valence-corrected chi connectivity index (χ2v) is 5.13. The Morgan fingerprint density at radius 3 is 1.67 bits per heavy atom. The Labute approximate surface area is 68.6 Å². The Balaban J connectivity index is 4.46. The fourth-order valence-electron chi connectivity index (χ4n) is 0.450. The van der Waals surface area contributed by atoms with Gasteiger partial charge in [-0.25, -0.2) is 9.59 Å². The normalized spacial score (nSPS) is 11.6. The molecule has 0 amide bonds. The molecule has 7 heteroatoms. The molecule has 0 aliphatic heterocycles. The van der Waals surface area contributed by atoms with Gasteiger partial charge in [0.15, 0.2) is 7.37 Å². The van der Waals surface area contributed by atoms with Crippen molar-refractivity contribution in [3.63, 3.8) is 0 Å². The average molecular weight is 196 g/mol. The zero-order chi connectivity index (χ0) is 9.94. The van der Waals surface area contributed by atoms with E-state index in [4.69, 9.17) is 10.2 Å². The van der Waals surface area contributed by atoms with Crippen LogP contribution in [0, 0.1) is 0 Å². The molecule has 0 aliphatic rings. The van der Waals surface area contributed by atoms with Gasteiger partial charge < -0.3 is 14.7 Å². The van der Waals surface area contributed by atoms with Crippen LogP contribution in [-0.2, 0) is 18.7 Å². The maximum atomic E-state index is 10.9. The zero-order valence-electron chi connectivity index (χ0n) is 6.55. The van der Waals surface area contributed by atoms with Crippen LogP contribution >= 0.6 is 7.37 Å². The molecule has 0 aromatic rings. The van der Waals surface area contributed by atoms with Gasteiger partial charge in [-0.15, -0.1) is 0 Å². The van der Waals surface area contributed by atoms with Gasteiger partial charge in [-0.1, -0.05) is 0 Å². The van der Waals surface area contributed by atoms with Crippen LogP contribution in [0.15, 0.2) is 0 Å². The quantitative estimate of drug-likeness (QED) is 0.487. The van der Waals surface area contributed by atoms with Crippen molar-refractivity contribution in [2.45, 2.75) is 6.10 Å². The summed E-state index contributed by atoms with van der Waals surface area (Å²) in [4.78, 5) is 20.4. The van der Waals surface area contributed by atoms with E-state index in [1.165, 1.54) is 0 Å². The molecule has 0 spiro atoms. The van der Waals surface area contributed by atoms with Gasteiger partial charge in [0.25, 0.3) is 6.10 Å². The summed E-state index contributed by atoms with van der Waals surface area (Å²) in [6, 6.07) is 0. The number of hydrogen-bond donors (Lipinski definition) is 2. The molecule has 0 saturated carbocycles. The first-order valence-electron chi connectivity index (χ1n) is 2.93. The highest BCUT2D eigenvalue weighted by Crippen LogP contribution is 2.38. The third kappa shape index (κ3) is 4.10. The third-order valence-corrected chi connectivity index (χ3v) is 1.53. The minimum Gasteiger partial charge on any atom is -0.479 e. The number of carboxylic acid groups (broad SMARTS) is 2. The van der Waals surface area contributed by atoms with Crippen molar-refractivity contribution in [3.8, 4) is 0 Å². The highest BCUT2D eigenvalue weighted by Gasteiger charge is 2.31. The van der Waals surface area contributed by atoms with Crippen LogP contribution in [0.3, 0.4) is 0 Å². The Bertz CT molecular complexity index is 226. The fourth-order valence-corrected chi connectivity index (χ4v) is 1.14. The lowest BCUT2D eigenvalue weighted by atomic mass is 10.4. The smallest absolute Gasteiger partial charge is 0.345 e. The summed E-state index contributed by atoms with van der Waals surface area (Å²) in [5.41, 5.74) is 0. The van der Waals surface area contributed by atoms with Crippen LogP contribution in [-0.4, -0.2) is 41.6 Å². The fraction of sp³-hybridized carbons (Fsp3) is 0.600. The van der Waals surface area contributed by atoms with Crippen molar-refractivity contribution in [1.29, 1.82) is 0 Å². The van der Waals surface area contributed by atoms with Crippen molar-refractivity contribution in [2.75, 3.05) is 13.3 Å². The molecule has 0 aromatic carbocycles. The molecule has 2 N–H and O–H groups in total. The van der Waals surface area contributed by atoms with E-state index in [0.29, 0.717) is 0 Å². The van der Waals surface area contributed by atoms with E-state index in [1.807, 2.05) is 0 Å². The number of carbonyl (C=O) groups is 2. The molecule has 6 nitrogen and oxygen atoms in total. The SMILES string of the molecule is CP(C)(=O)OC(C(=O)O)C(=O)O. The van der Waals surface area contributed by atoms with Gasteiger partial charge in [0.1, 0.15) is 0 Å². The highest BCUT2D eigenvalue weighted by molar-refractivity contribution is 7.57. The van der Waals surface area contributed by atoms with Crippen molar-refractivity contribution in [1.82, 2.24) is 0 Å². The van der Waals surface area contributed by atoms with Gasteiger partial charge in [-0.3, -0.25) is 4.57 Å². The summed E-state index contributed by atoms with van der Waals surface area (Å²) in [6.07, 6.45) is -2.05. The Morgan fingerprint density at radius 2 is 1.58 bits per heavy atom. The highest BCUT2D eigenvalue weighted by atomic mass is 31.2. The minimum absolute atomic E-state index is 1.14. The molecule has 12 heavy (non-hydrogen) atoms. The zero-order valence-corrected chi connectivity index (χ0v) is 7.45. The summed E-state index contributed by atoms with van der Waals surface area (Å²) < 4.78 is 15.2. The van der Waals surface area contributed by atoms with Crippen LogP contribution in [0.5, 0.6) is 0 Å². The molecule has 0 unspecified atom stereocenters. The lowest BCUT2D eigenvalue weighted by Gasteiger charge is -2.11. The van der Waals surface area contributed by atoms with E-state index in [0.717, 1.165) is 13.3 Å². The van der Waals surface area contributed by atoms with Gasteiger partial charge in [-0.2, -0.15) is 0 Å². The molecule has 0 heterocycles. The lowest BCUT2D eigenvalue weighted by molar-refractivity contribution is -0.158. The topological polar surface area (TPSA) is 101 Å². The van der Waals surface area contributed by atoms with E-state index >= 15 is 0 Å². The number of hydrogen-bond acceptors (Lipinski definition) is 4. The van der Waals surface area contributed by atoms with Crippen LogP contribution in [0.4, 0.5) is 0 Å². The lowest BCUT2D eigenvalue weighted by Crippen LogP contribution is -2.31. The molecular weight excluding hydrogens is 187 g/mol. The third-order valence-electron chi connectivity index (χ3n) is 0.808. The second kappa shape index (κ2) is 3.69. The summed E-state index contributed by atoms with van der Waals surface area (Å²) in [5.74, 6) is -3.32. The molecule has 0 rings (SSSR count). The van der Waals surface area contributed by atoms with E-state index in [-0.39, 0.29) is 0 Å². The Kier molecular flexibility index (Phi) is 3.42. The number of rotatable bonds is 4. The standard InChI is InChI=1S/C5H9O6P/c1-12(2,10)11-3(4(6)7)5(8)9/h3H,1-2H3,(H,6,7)(H,8,9). The molecule has 0 atom stereocenters. The number of aliphatic carboxylic acids is 2. The van der Waals surface area contributed by atoms with E-state index in [9.17, 15) is 14.2 Å². The Hall–Kier alpha value is -0.870. The predicted molar refractivity (Wildman–Crippen MR) is 39.6 cm³/mol. The molecule has 0 radical (unpaired) electrons. The molecule has 70 valence electrons. The van der Waals surface area contributed by atoms with Crippen LogP contribution < -0.4 is 0 Å². The van der Waals surface area contributed by atoms with Crippen LogP contribution in [0.2, 0.25) is 0 Å². The summed E-state index contributed by atoms with van der Waals surface area (Å²) >= 11 is 0. The van der Waals surface area contributed by atoms with Gasteiger partial charge in [0, 0.05) is 13.3 Å². The molecule has 0 saturated heterocycles. The van der Waals surface area contributed by atoms with Crippen molar-refractivity contribution in [3.05, 3.63) is 0 Å². The predicted octanol–water partition coefficient (Wildman–Crippen LogP) is 0.0785. The molecule has 0 aromatic heterocycles. The average Bonchev–Trinajstić information content (AvgIpc) is 1.79. The van der Waals surface area contributed by atoms with Gasteiger partial charge in [0.05, 0.1) is 0 Å². The molecule has 0 bridgehead atoms. The first-order chi connectivity index (χ1) is 5.24. The van der Waals surface area contributed by atoms with E-state index < -0.39 is 25.4 Å². The van der Waals surface area contributed by atoms with E-state index in [1.54, 1.807) is 0 Å². The molecular formula is C5H9O6P. The van der Waals surface area contributed by atoms with Gasteiger partial charge >= 0.3 is 11.9 Å². The van der Waals surface area contributed by atoms with Gasteiger partial charge in [-0.05, 0) is 0 Å². The van der Waals surface area contributed by atoms with Crippen LogP contribution in [0.25, 0.3) is 0 Å². The first kappa shape index (κ1) is 11.1. The van der Waals surface area contributed by atoms with Crippen molar-refractivity contribution < 1.29 is 28.9 Å². The van der Waals surface area contributed by atoms with Crippen molar-refractivity contribution in [2.24, 2.45) is 0 Å². The monoisotopic (exact) mass is 196 g/mol. The summed E-state index contributed by atoms with van der Waals surface area (Å²) in [5, 5.41) is 16.6. The van der Waals surface area contributed by atoms with E-state index in [2.05, 4.69) is 4.52 Å². The maximum Gasteiger partial charge on any atom is 0.345 e. The molecule has 0 aliphatic carbocycles. The number of carboxylic acids is 2.